The predicted octanol–water partition coefficient (Wildman–Crippen LogP) is 1.40. The molecule has 3 heteroatoms. The van der Waals surface area contributed by atoms with E-state index < -0.39 is 0 Å². The Bertz CT molecular complexity index is 357. The van der Waals surface area contributed by atoms with Crippen molar-refractivity contribution in [1.29, 1.82) is 0 Å². The Labute approximate surface area is 96.0 Å². The van der Waals surface area contributed by atoms with Gasteiger partial charge >= 0.3 is 0 Å². The maximum atomic E-state index is 11.9. The summed E-state index contributed by atoms with van der Waals surface area (Å²) in [5.41, 5.74) is 6.74. The number of carbonyl (C=O) groups excluding carboxylic acids is 1. The molecule has 3 N–H and O–H groups in total. The van der Waals surface area contributed by atoms with Gasteiger partial charge in [0, 0.05) is 12.1 Å². The largest absolute Gasteiger partial charge is 0.353 e. The molecule has 0 saturated heterocycles. The third-order valence-electron chi connectivity index (χ3n) is 3.21. The Kier molecular flexibility index (Phi) is 3.25. The van der Waals surface area contributed by atoms with Crippen LogP contribution in [-0.2, 0) is 4.79 Å². The molecule has 0 spiro atoms. The van der Waals surface area contributed by atoms with E-state index in [9.17, 15) is 4.79 Å². The highest BCUT2D eigenvalue weighted by molar-refractivity contribution is 5.83. The van der Waals surface area contributed by atoms with Gasteiger partial charge in [0.25, 0.3) is 0 Å². The Morgan fingerprint density at radius 2 is 2.00 bits per heavy atom. The number of nitrogens with one attached hydrogen (secondary N) is 1. The van der Waals surface area contributed by atoms with Crippen molar-refractivity contribution in [2.75, 3.05) is 0 Å². The highest BCUT2D eigenvalue weighted by atomic mass is 16.1. The molecule has 1 aliphatic rings. The van der Waals surface area contributed by atoms with Crippen LogP contribution >= 0.6 is 0 Å². The average Bonchev–Trinajstić information content (AvgIpc) is 2.27. The van der Waals surface area contributed by atoms with E-state index in [4.69, 9.17) is 5.73 Å². The Hall–Kier alpha value is -1.35. The second-order valence-corrected chi connectivity index (χ2v) is 4.57. The quantitative estimate of drug-likeness (QED) is 0.805. The van der Waals surface area contributed by atoms with E-state index >= 15 is 0 Å². The fourth-order valence-electron chi connectivity index (χ4n) is 2.00. The summed E-state index contributed by atoms with van der Waals surface area (Å²) in [6.07, 6.45) is 1.82. The molecule has 1 atom stereocenters. The first-order valence-electron chi connectivity index (χ1n) is 5.77. The molecule has 0 bridgehead atoms. The first-order valence-corrected chi connectivity index (χ1v) is 5.77. The van der Waals surface area contributed by atoms with Gasteiger partial charge in [-0.3, -0.25) is 4.79 Å². The molecule has 1 saturated carbocycles. The topological polar surface area (TPSA) is 55.1 Å². The van der Waals surface area contributed by atoms with Crippen molar-refractivity contribution in [3.8, 4) is 0 Å². The molecule has 2 rings (SSSR count). The maximum Gasteiger partial charge on any atom is 0.227 e. The van der Waals surface area contributed by atoms with E-state index in [2.05, 4.69) is 5.32 Å². The molecule has 0 aliphatic heterocycles. The lowest BCUT2D eigenvalue weighted by Crippen LogP contribution is -2.51. The molecule has 1 amide bonds. The van der Waals surface area contributed by atoms with Gasteiger partial charge in [0.1, 0.15) is 0 Å². The zero-order valence-electron chi connectivity index (χ0n) is 9.52. The van der Waals surface area contributed by atoms with Crippen LogP contribution in [0.4, 0.5) is 0 Å². The molecule has 1 aromatic rings. The van der Waals surface area contributed by atoms with Gasteiger partial charge in [0.2, 0.25) is 5.91 Å². The van der Waals surface area contributed by atoms with Crippen LogP contribution in [0.5, 0.6) is 0 Å². The third-order valence-corrected chi connectivity index (χ3v) is 3.21. The fourth-order valence-corrected chi connectivity index (χ4v) is 2.00. The van der Waals surface area contributed by atoms with Crippen molar-refractivity contribution in [2.45, 2.75) is 37.8 Å². The smallest absolute Gasteiger partial charge is 0.227 e. The summed E-state index contributed by atoms with van der Waals surface area (Å²) < 4.78 is 0. The lowest BCUT2D eigenvalue weighted by Gasteiger charge is -2.33. The number of amides is 1. The summed E-state index contributed by atoms with van der Waals surface area (Å²) in [5.74, 6) is 0.0149. The predicted molar refractivity (Wildman–Crippen MR) is 64.0 cm³/mol. The van der Waals surface area contributed by atoms with Crippen LogP contribution in [0.1, 0.15) is 31.2 Å². The molecular formula is C13H18N2O. The SMILES string of the molecule is CC(C(=O)NC1CC(N)C1)c1ccccc1. The number of benzene rings is 1. The first kappa shape index (κ1) is 11.1. The van der Waals surface area contributed by atoms with E-state index in [0.29, 0.717) is 0 Å². The average molecular weight is 218 g/mol. The Balaban J connectivity index is 1.90. The van der Waals surface area contributed by atoms with Gasteiger partial charge in [0.15, 0.2) is 0 Å². The molecule has 1 aromatic carbocycles. The van der Waals surface area contributed by atoms with Crippen molar-refractivity contribution in [3.05, 3.63) is 35.9 Å². The monoisotopic (exact) mass is 218 g/mol. The molecule has 0 radical (unpaired) electrons. The summed E-state index contributed by atoms with van der Waals surface area (Å²) in [5, 5.41) is 3.03. The molecule has 1 aliphatic carbocycles. The van der Waals surface area contributed by atoms with Gasteiger partial charge in [-0.1, -0.05) is 30.3 Å². The van der Waals surface area contributed by atoms with E-state index in [1.54, 1.807) is 0 Å². The number of rotatable bonds is 3. The van der Waals surface area contributed by atoms with Crippen LogP contribution in [0.25, 0.3) is 0 Å². The van der Waals surface area contributed by atoms with Crippen molar-refractivity contribution >= 4 is 5.91 Å². The molecule has 3 nitrogen and oxygen atoms in total. The molecule has 0 heterocycles. The van der Waals surface area contributed by atoms with Gasteiger partial charge in [0.05, 0.1) is 5.92 Å². The molecule has 1 fully saturated rings. The standard InChI is InChI=1S/C13H18N2O/c1-9(10-5-3-2-4-6-10)13(16)15-12-7-11(14)8-12/h2-6,9,11-12H,7-8,14H2,1H3,(H,15,16). The van der Waals surface area contributed by atoms with Crippen LogP contribution in [0.3, 0.4) is 0 Å². The minimum atomic E-state index is -0.0852. The van der Waals surface area contributed by atoms with Crippen molar-refractivity contribution in [2.24, 2.45) is 5.73 Å². The van der Waals surface area contributed by atoms with Crippen molar-refractivity contribution in [1.82, 2.24) is 5.32 Å². The summed E-state index contributed by atoms with van der Waals surface area (Å²) >= 11 is 0. The van der Waals surface area contributed by atoms with Crippen molar-refractivity contribution in [3.63, 3.8) is 0 Å². The zero-order valence-corrected chi connectivity index (χ0v) is 9.52. The van der Waals surface area contributed by atoms with Crippen LogP contribution < -0.4 is 11.1 Å². The Morgan fingerprint density at radius 1 is 1.38 bits per heavy atom. The van der Waals surface area contributed by atoms with Gasteiger partial charge in [-0.15, -0.1) is 0 Å². The summed E-state index contributed by atoms with van der Waals surface area (Å²) in [4.78, 5) is 11.9. The van der Waals surface area contributed by atoms with Gasteiger partial charge in [-0.2, -0.15) is 0 Å². The maximum absolute atomic E-state index is 11.9. The number of nitrogens with two attached hydrogens (primary N) is 1. The molecule has 1 unspecified atom stereocenters. The normalized spacial score (nSPS) is 25.6. The molecular weight excluding hydrogens is 200 g/mol. The van der Waals surface area contributed by atoms with Crippen LogP contribution in [-0.4, -0.2) is 18.0 Å². The van der Waals surface area contributed by atoms with Gasteiger partial charge in [-0.05, 0) is 25.3 Å². The second kappa shape index (κ2) is 4.66. The fraction of sp³-hybridized carbons (Fsp3) is 0.462. The van der Waals surface area contributed by atoms with Crippen LogP contribution in [0.15, 0.2) is 30.3 Å². The second-order valence-electron chi connectivity index (χ2n) is 4.57. The van der Waals surface area contributed by atoms with Gasteiger partial charge in [-0.25, -0.2) is 0 Å². The minimum absolute atomic E-state index is 0.0852. The number of hydrogen-bond acceptors (Lipinski definition) is 2. The Morgan fingerprint density at radius 3 is 2.56 bits per heavy atom. The third kappa shape index (κ3) is 2.42. The molecule has 16 heavy (non-hydrogen) atoms. The first-order chi connectivity index (χ1) is 7.66. The van der Waals surface area contributed by atoms with Crippen LogP contribution in [0.2, 0.25) is 0 Å². The van der Waals surface area contributed by atoms with E-state index in [1.165, 1.54) is 0 Å². The zero-order chi connectivity index (χ0) is 11.5. The summed E-state index contributed by atoms with van der Waals surface area (Å²) in [7, 11) is 0. The van der Waals surface area contributed by atoms with E-state index in [1.807, 2.05) is 37.3 Å². The van der Waals surface area contributed by atoms with Crippen molar-refractivity contribution < 1.29 is 4.79 Å². The summed E-state index contributed by atoms with van der Waals surface area (Å²) in [6, 6.07) is 10.4. The lowest BCUT2D eigenvalue weighted by molar-refractivity contribution is -0.123. The highest BCUT2D eigenvalue weighted by Gasteiger charge is 2.28. The van der Waals surface area contributed by atoms with E-state index in [-0.39, 0.29) is 23.9 Å². The molecule has 86 valence electrons. The number of hydrogen-bond donors (Lipinski definition) is 2. The number of carbonyl (C=O) groups is 1. The minimum Gasteiger partial charge on any atom is -0.353 e. The highest BCUT2D eigenvalue weighted by Crippen LogP contribution is 2.20. The lowest BCUT2D eigenvalue weighted by atomic mass is 9.87. The van der Waals surface area contributed by atoms with Gasteiger partial charge < -0.3 is 11.1 Å². The van der Waals surface area contributed by atoms with E-state index in [0.717, 1.165) is 18.4 Å². The van der Waals surface area contributed by atoms with Crippen LogP contribution in [0, 0.1) is 0 Å². The summed E-state index contributed by atoms with van der Waals surface area (Å²) in [6.45, 7) is 1.93. The molecule has 0 aromatic heterocycles.